The van der Waals surface area contributed by atoms with Gasteiger partial charge in [-0.05, 0) is 77.3 Å². The number of rotatable bonds is 8. The maximum absolute atomic E-state index is 13.0. The van der Waals surface area contributed by atoms with Crippen LogP contribution in [0.25, 0.3) is 16.8 Å². The fourth-order valence-electron chi connectivity index (χ4n) is 4.54. The number of hydrogen-bond acceptors (Lipinski definition) is 6. The fraction of sp³-hybridized carbons (Fsp3) is 0.156. The minimum atomic E-state index is -0.513. The van der Waals surface area contributed by atoms with E-state index in [1.165, 1.54) is 0 Å². The van der Waals surface area contributed by atoms with Gasteiger partial charge in [0.05, 0.1) is 12.0 Å². The quantitative estimate of drug-likeness (QED) is 0.244. The van der Waals surface area contributed by atoms with Crippen molar-refractivity contribution in [2.24, 2.45) is 0 Å². The number of nitrogens with zero attached hydrogens (tertiary/aromatic N) is 1. The van der Waals surface area contributed by atoms with Gasteiger partial charge in [0.15, 0.2) is 11.5 Å². The molecule has 0 spiro atoms. The smallest absolute Gasteiger partial charge is 0.294 e. The number of imide groups is 1. The minimum Gasteiger partial charge on any atom is -0.493 e. The predicted molar refractivity (Wildman–Crippen MR) is 158 cm³/mol. The molecule has 1 saturated heterocycles. The van der Waals surface area contributed by atoms with E-state index in [4.69, 9.17) is 9.47 Å². The lowest BCUT2D eigenvalue weighted by Crippen LogP contribution is -2.36. The van der Waals surface area contributed by atoms with Gasteiger partial charge in [-0.3, -0.25) is 19.3 Å². The molecule has 1 heterocycles. The number of nitrogens with one attached hydrogen (secondary N) is 1. The second kappa shape index (κ2) is 11.7. The van der Waals surface area contributed by atoms with E-state index >= 15 is 0 Å². The molecular formula is C32H28N2O5S. The molecule has 0 aromatic heterocycles. The van der Waals surface area contributed by atoms with E-state index in [0.717, 1.165) is 44.1 Å². The molecule has 1 fully saturated rings. The first-order valence-electron chi connectivity index (χ1n) is 12.7. The van der Waals surface area contributed by atoms with Crippen molar-refractivity contribution in [2.75, 3.05) is 19.0 Å². The summed E-state index contributed by atoms with van der Waals surface area (Å²) < 4.78 is 11.6. The first-order chi connectivity index (χ1) is 19.3. The molecule has 1 N–H and O–H groups in total. The monoisotopic (exact) mass is 552 g/mol. The van der Waals surface area contributed by atoms with Crippen LogP contribution in [0.3, 0.4) is 0 Å². The number of ether oxygens (including phenoxy) is 2. The van der Waals surface area contributed by atoms with E-state index in [1.54, 1.807) is 37.5 Å². The molecule has 1 aliphatic rings. The SMILES string of the molecule is COc1cc(/C=C2/SC(=O)N(CC(=O)Nc3ccc(C)cc3C)C2=O)ccc1OCc1cccc2ccccc12. The molecule has 5 rings (SSSR count). The Balaban J connectivity index is 1.27. The Labute approximate surface area is 236 Å². The Hall–Kier alpha value is -4.56. The summed E-state index contributed by atoms with van der Waals surface area (Å²) in [5.74, 6) is 0.107. The van der Waals surface area contributed by atoms with Crippen LogP contribution in [0, 0.1) is 13.8 Å². The van der Waals surface area contributed by atoms with Gasteiger partial charge in [-0.25, -0.2) is 0 Å². The molecule has 8 heteroatoms. The standard InChI is InChI=1S/C32H28N2O5S/c1-20-11-13-26(21(2)15-20)33-30(35)18-34-31(36)29(40-32(34)37)17-22-12-14-27(28(16-22)38-3)39-19-24-9-6-8-23-7-4-5-10-25(23)24/h4-17H,18-19H2,1-3H3,(H,33,35)/b29-17+. The Morgan fingerprint density at radius 1 is 0.950 bits per heavy atom. The fourth-order valence-corrected chi connectivity index (χ4v) is 5.38. The molecular weight excluding hydrogens is 524 g/mol. The van der Waals surface area contributed by atoms with Crippen molar-refractivity contribution in [3.8, 4) is 11.5 Å². The van der Waals surface area contributed by atoms with Crippen molar-refractivity contribution in [1.82, 2.24) is 4.90 Å². The number of anilines is 1. The number of aryl methyl sites for hydroxylation is 2. The van der Waals surface area contributed by atoms with Gasteiger partial charge in [0.1, 0.15) is 13.2 Å². The van der Waals surface area contributed by atoms with E-state index in [1.807, 2.05) is 50.2 Å². The van der Waals surface area contributed by atoms with E-state index in [9.17, 15) is 14.4 Å². The van der Waals surface area contributed by atoms with Crippen molar-refractivity contribution in [3.63, 3.8) is 0 Å². The van der Waals surface area contributed by atoms with Crippen molar-refractivity contribution < 1.29 is 23.9 Å². The molecule has 7 nitrogen and oxygen atoms in total. The Morgan fingerprint density at radius 2 is 1.75 bits per heavy atom. The summed E-state index contributed by atoms with van der Waals surface area (Å²) in [6.07, 6.45) is 1.62. The van der Waals surface area contributed by atoms with Crippen molar-refractivity contribution in [1.29, 1.82) is 0 Å². The third-order valence-electron chi connectivity index (χ3n) is 6.58. The highest BCUT2D eigenvalue weighted by molar-refractivity contribution is 8.18. The lowest BCUT2D eigenvalue weighted by Gasteiger charge is -2.14. The van der Waals surface area contributed by atoms with Gasteiger partial charge in [-0.1, -0.05) is 66.2 Å². The highest BCUT2D eigenvalue weighted by Gasteiger charge is 2.36. The van der Waals surface area contributed by atoms with Crippen molar-refractivity contribution in [2.45, 2.75) is 20.5 Å². The van der Waals surface area contributed by atoms with Crippen LogP contribution >= 0.6 is 11.8 Å². The van der Waals surface area contributed by atoms with Gasteiger partial charge in [0.25, 0.3) is 11.1 Å². The van der Waals surface area contributed by atoms with Gasteiger partial charge >= 0.3 is 0 Å². The average Bonchev–Trinajstić information content (AvgIpc) is 3.20. The summed E-state index contributed by atoms with van der Waals surface area (Å²) in [5.41, 5.74) is 4.35. The molecule has 0 atom stereocenters. The molecule has 0 bridgehead atoms. The molecule has 40 heavy (non-hydrogen) atoms. The number of fused-ring (bicyclic) bond motifs is 1. The molecule has 202 valence electrons. The molecule has 0 aliphatic carbocycles. The minimum absolute atomic E-state index is 0.232. The van der Waals surface area contributed by atoms with Gasteiger partial charge in [-0.15, -0.1) is 0 Å². The van der Waals surface area contributed by atoms with Gasteiger partial charge in [-0.2, -0.15) is 0 Å². The normalized spacial score (nSPS) is 14.2. The van der Waals surface area contributed by atoms with Crippen LogP contribution in [0.5, 0.6) is 11.5 Å². The van der Waals surface area contributed by atoms with Gasteiger partial charge in [0.2, 0.25) is 5.91 Å². The number of amides is 3. The maximum atomic E-state index is 13.0. The highest BCUT2D eigenvalue weighted by Crippen LogP contribution is 2.35. The molecule has 1 aliphatic heterocycles. The summed E-state index contributed by atoms with van der Waals surface area (Å²) >= 11 is 0.803. The van der Waals surface area contributed by atoms with E-state index < -0.39 is 17.1 Å². The van der Waals surface area contributed by atoms with Crippen LogP contribution in [0.1, 0.15) is 22.3 Å². The second-order valence-electron chi connectivity index (χ2n) is 9.47. The van der Waals surface area contributed by atoms with Crippen LogP contribution < -0.4 is 14.8 Å². The Bertz CT molecular complexity index is 1660. The van der Waals surface area contributed by atoms with Crippen LogP contribution in [0.2, 0.25) is 0 Å². The third-order valence-corrected chi connectivity index (χ3v) is 7.49. The largest absolute Gasteiger partial charge is 0.493 e. The Morgan fingerprint density at radius 3 is 2.55 bits per heavy atom. The van der Waals surface area contributed by atoms with Gasteiger partial charge in [0, 0.05) is 5.69 Å². The number of carbonyl (C=O) groups excluding carboxylic acids is 3. The first kappa shape index (κ1) is 27.0. The number of thioether (sulfide) groups is 1. The summed E-state index contributed by atoms with van der Waals surface area (Å²) in [5, 5.41) is 4.55. The van der Waals surface area contributed by atoms with Gasteiger partial charge < -0.3 is 14.8 Å². The number of hydrogen-bond donors (Lipinski definition) is 1. The Kier molecular flexibility index (Phi) is 7.89. The maximum Gasteiger partial charge on any atom is 0.294 e. The van der Waals surface area contributed by atoms with Crippen LogP contribution in [0.4, 0.5) is 10.5 Å². The molecule has 0 saturated carbocycles. The average molecular weight is 553 g/mol. The topological polar surface area (TPSA) is 84.9 Å². The van der Waals surface area contributed by atoms with Crippen LogP contribution in [-0.2, 0) is 16.2 Å². The van der Waals surface area contributed by atoms with E-state index in [0.29, 0.717) is 29.4 Å². The van der Waals surface area contributed by atoms with E-state index in [-0.39, 0.29) is 11.4 Å². The second-order valence-corrected chi connectivity index (χ2v) is 10.5. The number of benzene rings is 4. The van der Waals surface area contributed by atoms with Crippen LogP contribution in [-0.4, -0.2) is 35.6 Å². The molecule has 4 aromatic carbocycles. The van der Waals surface area contributed by atoms with Crippen LogP contribution in [0.15, 0.2) is 83.8 Å². The zero-order chi connectivity index (χ0) is 28.2. The zero-order valence-electron chi connectivity index (χ0n) is 22.4. The lowest BCUT2D eigenvalue weighted by atomic mass is 10.1. The van der Waals surface area contributed by atoms with Crippen molar-refractivity contribution in [3.05, 3.63) is 106 Å². The highest BCUT2D eigenvalue weighted by atomic mass is 32.2. The molecule has 0 unspecified atom stereocenters. The lowest BCUT2D eigenvalue weighted by molar-refractivity contribution is -0.127. The van der Waals surface area contributed by atoms with E-state index in [2.05, 4.69) is 23.5 Å². The first-order valence-corrected chi connectivity index (χ1v) is 13.5. The summed E-state index contributed by atoms with van der Waals surface area (Å²) in [6.45, 7) is 3.85. The number of carbonyl (C=O) groups is 3. The van der Waals surface area contributed by atoms with Crippen molar-refractivity contribution >= 4 is 51.4 Å². The molecule has 0 radical (unpaired) electrons. The molecule has 4 aromatic rings. The zero-order valence-corrected chi connectivity index (χ0v) is 23.2. The third kappa shape index (κ3) is 5.87. The summed E-state index contributed by atoms with van der Waals surface area (Å²) in [6, 6.07) is 25.2. The summed E-state index contributed by atoms with van der Waals surface area (Å²) in [7, 11) is 1.55. The predicted octanol–water partition coefficient (Wildman–Crippen LogP) is 6.72. The molecule has 3 amide bonds. The summed E-state index contributed by atoms with van der Waals surface area (Å²) in [4.78, 5) is 39.4. The number of methoxy groups -OCH3 is 1.